The summed E-state index contributed by atoms with van der Waals surface area (Å²) in [4.78, 5) is 15.8. The lowest BCUT2D eigenvalue weighted by atomic mass is 10.0. The molecule has 0 bridgehead atoms. The molecule has 0 radical (unpaired) electrons. The minimum absolute atomic E-state index is 0.172. The molecule has 0 unspecified atom stereocenters. The molecule has 2 aromatic carbocycles. The maximum absolute atomic E-state index is 11.4. The summed E-state index contributed by atoms with van der Waals surface area (Å²) in [5.41, 5.74) is 2.99. The minimum atomic E-state index is -0.216. The van der Waals surface area contributed by atoms with Gasteiger partial charge in [-0.25, -0.2) is 4.68 Å². The molecule has 1 aliphatic rings. The number of aromatic nitrogens is 3. The van der Waals surface area contributed by atoms with Crippen LogP contribution in [0.25, 0.3) is 5.70 Å². The average molecular weight is 366 g/mol. The number of hydrogen-bond acceptors (Lipinski definition) is 4. The molecule has 0 saturated carbocycles. The van der Waals surface area contributed by atoms with Crippen LogP contribution in [0.3, 0.4) is 0 Å². The van der Waals surface area contributed by atoms with Crippen molar-refractivity contribution in [2.75, 3.05) is 10.6 Å². The van der Waals surface area contributed by atoms with Gasteiger partial charge >= 0.3 is 0 Å². The summed E-state index contributed by atoms with van der Waals surface area (Å²) in [6.07, 6.45) is 2.08. The van der Waals surface area contributed by atoms with E-state index in [0.717, 1.165) is 16.8 Å². The number of hydrogen-bond donors (Lipinski definition) is 2. The smallest absolute Gasteiger partial charge is 0.250 e. The van der Waals surface area contributed by atoms with Crippen molar-refractivity contribution >= 4 is 35.1 Å². The fourth-order valence-electron chi connectivity index (χ4n) is 2.89. The number of carbonyl (C=O) groups excluding carboxylic acids is 1. The van der Waals surface area contributed by atoms with Crippen molar-refractivity contribution in [2.24, 2.45) is 0 Å². The molecule has 7 heteroatoms. The van der Waals surface area contributed by atoms with Crippen LogP contribution in [0.1, 0.15) is 24.1 Å². The lowest BCUT2D eigenvalue weighted by molar-refractivity contribution is -0.114. The van der Waals surface area contributed by atoms with E-state index < -0.39 is 0 Å². The van der Waals surface area contributed by atoms with E-state index in [1.54, 1.807) is 4.68 Å². The molecular formula is C19H16ClN5O. The maximum Gasteiger partial charge on any atom is 0.250 e. The minimum Gasteiger partial charge on any atom is -0.324 e. The monoisotopic (exact) mass is 365 g/mol. The lowest BCUT2D eigenvalue weighted by Gasteiger charge is -2.24. The van der Waals surface area contributed by atoms with Gasteiger partial charge in [0.25, 0.3) is 5.95 Å². The molecule has 4 rings (SSSR count). The summed E-state index contributed by atoms with van der Waals surface area (Å²) in [7, 11) is 0. The number of fused-ring (bicyclic) bond motifs is 1. The van der Waals surface area contributed by atoms with Crippen LogP contribution in [0.5, 0.6) is 0 Å². The number of allylic oxidation sites excluding steroid dienone is 1. The zero-order valence-electron chi connectivity index (χ0n) is 14.0. The summed E-state index contributed by atoms with van der Waals surface area (Å²) in [6.45, 7) is 1.43. The second-order valence-electron chi connectivity index (χ2n) is 5.95. The van der Waals surface area contributed by atoms with Gasteiger partial charge in [-0.15, -0.1) is 5.10 Å². The molecule has 1 aliphatic heterocycles. The van der Waals surface area contributed by atoms with E-state index in [1.165, 1.54) is 6.92 Å². The Hall–Kier alpha value is -3.12. The Kier molecular flexibility index (Phi) is 4.18. The van der Waals surface area contributed by atoms with Gasteiger partial charge < -0.3 is 5.32 Å². The third-order valence-electron chi connectivity index (χ3n) is 4.05. The highest BCUT2D eigenvalue weighted by Crippen LogP contribution is 2.33. The summed E-state index contributed by atoms with van der Waals surface area (Å²) < 4.78 is 1.75. The molecule has 0 spiro atoms. The Morgan fingerprint density at radius 3 is 2.58 bits per heavy atom. The highest BCUT2D eigenvalue weighted by Gasteiger charge is 2.25. The molecule has 3 aromatic rings. The Balaban J connectivity index is 1.80. The van der Waals surface area contributed by atoms with Crippen LogP contribution >= 0.6 is 11.6 Å². The van der Waals surface area contributed by atoms with E-state index in [2.05, 4.69) is 26.8 Å². The van der Waals surface area contributed by atoms with Gasteiger partial charge in [0.1, 0.15) is 6.04 Å². The van der Waals surface area contributed by atoms with Crippen molar-refractivity contribution < 1.29 is 4.79 Å². The predicted molar refractivity (Wildman–Crippen MR) is 102 cm³/mol. The number of anilines is 2. The quantitative estimate of drug-likeness (QED) is 0.737. The third-order valence-corrected chi connectivity index (χ3v) is 4.30. The second kappa shape index (κ2) is 6.65. The van der Waals surface area contributed by atoms with Gasteiger partial charge in [-0.2, -0.15) is 4.98 Å². The van der Waals surface area contributed by atoms with E-state index >= 15 is 0 Å². The van der Waals surface area contributed by atoms with E-state index in [9.17, 15) is 4.79 Å². The Bertz CT molecular complexity index is 979. The van der Waals surface area contributed by atoms with Gasteiger partial charge in [0.2, 0.25) is 11.9 Å². The molecule has 130 valence electrons. The van der Waals surface area contributed by atoms with Gasteiger partial charge in [-0.05, 0) is 29.3 Å². The Morgan fingerprint density at radius 1 is 1.15 bits per heavy atom. The molecular weight excluding hydrogens is 350 g/mol. The number of nitrogens with one attached hydrogen (secondary N) is 2. The first-order valence-corrected chi connectivity index (χ1v) is 8.52. The Labute approximate surface area is 155 Å². The van der Waals surface area contributed by atoms with Gasteiger partial charge in [-0.3, -0.25) is 10.1 Å². The summed E-state index contributed by atoms with van der Waals surface area (Å²) >= 11 is 6.03. The Morgan fingerprint density at radius 2 is 1.88 bits per heavy atom. The average Bonchev–Trinajstić information content (AvgIpc) is 3.04. The number of nitrogens with zero attached hydrogens (tertiary/aromatic N) is 3. The van der Waals surface area contributed by atoms with Crippen molar-refractivity contribution in [3.63, 3.8) is 0 Å². The van der Waals surface area contributed by atoms with Gasteiger partial charge in [0, 0.05) is 17.6 Å². The number of halogens is 1. The molecule has 0 saturated heterocycles. The topological polar surface area (TPSA) is 71.8 Å². The van der Waals surface area contributed by atoms with Crippen molar-refractivity contribution in [1.82, 2.24) is 14.8 Å². The summed E-state index contributed by atoms with van der Waals surface area (Å²) in [5.74, 6) is 0.615. The first kappa shape index (κ1) is 16.4. The van der Waals surface area contributed by atoms with Crippen LogP contribution < -0.4 is 10.6 Å². The van der Waals surface area contributed by atoms with Crippen LogP contribution in [0.15, 0.2) is 60.7 Å². The first-order chi connectivity index (χ1) is 12.6. The van der Waals surface area contributed by atoms with E-state index in [4.69, 9.17) is 11.6 Å². The first-order valence-electron chi connectivity index (χ1n) is 8.14. The normalized spacial score (nSPS) is 15.6. The maximum atomic E-state index is 11.4. The molecule has 1 atom stereocenters. The number of rotatable bonds is 3. The summed E-state index contributed by atoms with van der Waals surface area (Å²) in [6, 6.07) is 17.4. The zero-order chi connectivity index (χ0) is 18.1. The zero-order valence-corrected chi connectivity index (χ0v) is 14.7. The molecule has 0 fully saturated rings. The molecule has 1 aromatic heterocycles. The van der Waals surface area contributed by atoms with Gasteiger partial charge in [0.05, 0.1) is 0 Å². The van der Waals surface area contributed by atoms with Crippen molar-refractivity contribution in [1.29, 1.82) is 0 Å². The van der Waals surface area contributed by atoms with Crippen LogP contribution in [-0.4, -0.2) is 20.7 Å². The van der Waals surface area contributed by atoms with Crippen LogP contribution in [0.2, 0.25) is 5.02 Å². The largest absolute Gasteiger partial charge is 0.324 e. The SMILES string of the molecule is CC(=O)Nc1nc2n(n1)[C@H](c1ccc(Cl)cc1)C=C(c1ccccc1)N2. The van der Waals surface area contributed by atoms with Crippen molar-refractivity contribution in [3.05, 3.63) is 76.8 Å². The molecule has 6 nitrogen and oxygen atoms in total. The molecule has 0 aliphatic carbocycles. The number of benzene rings is 2. The van der Waals surface area contributed by atoms with E-state index in [-0.39, 0.29) is 17.9 Å². The third kappa shape index (κ3) is 3.19. The van der Waals surface area contributed by atoms with Crippen molar-refractivity contribution in [2.45, 2.75) is 13.0 Å². The number of amides is 1. The fourth-order valence-corrected chi connectivity index (χ4v) is 3.01. The number of carbonyl (C=O) groups is 1. The van der Waals surface area contributed by atoms with E-state index in [0.29, 0.717) is 11.0 Å². The van der Waals surface area contributed by atoms with E-state index in [1.807, 2.05) is 54.6 Å². The molecule has 1 amide bonds. The predicted octanol–water partition coefficient (Wildman–Crippen LogP) is 3.95. The van der Waals surface area contributed by atoms with Crippen molar-refractivity contribution in [3.8, 4) is 0 Å². The molecule has 2 heterocycles. The standard InChI is InChI=1S/C19H16ClN5O/c1-12(26)21-18-23-19-22-16(13-5-3-2-4-6-13)11-17(25(19)24-18)14-7-9-15(20)10-8-14/h2-11,17H,1H3,(H2,21,22,23,24,26)/t17-/m0/s1. The summed E-state index contributed by atoms with van der Waals surface area (Å²) in [5, 5.41) is 11.0. The molecule has 26 heavy (non-hydrogen) atoms. The second-order valence-corrected chi connectivity index (χ2v) is 6.39. The van der Waals surface area contributed by atoms with Crippen LogP contribution in [0, 0.1) is 0 Å². The highest BCUT2D eigenvalue weighted by molar-refractivity contribution is 6.30. The highest BCUT2D eigenvalue weighted by atomic mass is 35.5. The van der Waals surface area contributed by atoms with Gasteiger partial charge in [-0.1, -0.05) is 54.1 Å². The lowest BCUT2D eigenvalue weighted by Crippen LogP contribution is -2.20. The fraction of sp³-hybridized carbons (Fsp3) is 0.105. The van der Waals surface area contributed by atoms with Gasteiger partial charge in [0.15, 0.2) is 0 Å². The van der Waals surface area contributed by atoms with Crippen LogP contribution in [0.4, 0.5) is 11.9 Å². The van der Waals surface area contributed by atoms with Crippen LogP contribution in [-0.2, 0) is 4.79 Å². The molecule has 2 N–H and O–H groups in total.